The predicted molar refractivity (Wildman–Crippen MR) is 113 cm³/mol. The van der Waals surface area contributed by atoms with Crippen LogP contribution in [0.1, 0.15) is 37.3 Å². The molecule has 0 saturated heterocycles. The highest BCUT2D eigenvalue weighted by Gasteiger charge is 2.25. The Bertz CT molecular complexity index is 1010. The first-order valence-corrected chi connectivity index (χ1v) is 10.3. The fourth-order valence-corrected chi connectivity index (χ4v) is 4.30. The van der Waals surface area contributed by atoms with Crippen molar-refractivity contribution in [2.45, 2.75) is 44.2 Å². The third kappa shape index (κ3) is 4.79. The number of carbonyl (C=O) groups excluding carboxylic acids is 1. The highest BCUT2D eigenvalue weighted by Crippen LogP contribution is 2.34. The Kier molecular flexibility index (Phi) is 6.35. The maximum atomic E-state index is 12.5. The molecule has 1 aromatic carbocycles. The molecule has 0 bridgehead atoms. The SMILES string of the molecule is O=C(Cc1ccc2c(c1)OCO2)NC1CCC(n2cccc3ccnc2-3)CC1.O=CO. The van der Waals surface area contributed by atoms with Gasteiger partial charge in [0.05, 0.1) is 6.42 Å². The van der Waals surface area contributed by atoms with E-state index in [4.69, 9.17) is 19.4 Å². The average molecular weight is 423 g/mol. The topological polar surface area (TPSA) is 103 Å². The van der Waals surface area contributed by atoms with E-state index in [1.807, 2.05) is 30.5 Å². The molecule has 0 atom stereocenters. The second-order valence-electron chi connectivity index (χ2n) is 7.68. The number of rotatable bonds is 4. The molecule has 4 aliphatic rings. The van der Waals surface area contributed by atoms with Gasteiger partial charge in [0.25, 0.3) is 6.47 Å². The molecule has 1 amide bonds. The lowest BCUT2D eigenvalue weighted by Crippen LogP contribution is -2.38. The summed E-state index contributed by atoms with van der Waals surface area (Å²) < 4.78 is 13.0. The van der Waals surface area contributed by atoms with E-state index in [-0.39, 0.29) is 25.2 Å². The Morgan fingerprint density at radius 2 is 1.94 bits per heavy atom. The molecule has 1 aliphatic carbocycles. The molecular weight excluding hydrogens is 398 g/mol. The number of carbonyl (C=O) groups is 2. The summed E-state index contributed by atoms with van der Waals surface area (Å²) in [5, 5.41) is 10.1. The van der Waals surface area contributed by atoms with Gasteiger partial charge in [0.2, 0.25) is 12.7 Å². The zero-order valence-electron chi connectivity index (χ0n) is 17.1. The molecule has 1 fully saturated rings. The molecule has 0 aromatic heterocycles. The number of nitrogens with one attached hydrogen (secondary N) is 1. The number of ether oxygens (including phenoxy) is 2. The number of fused-ring (bicyclic) bond motifs is 2. The molecule has 1 saturated carbocycles. The number of aromatic nitrogens is 2. The Balaban J connectivity index is 0.000000730. The van der Waals surface area contributed by atoms with E-state index >= 15 is 0 Å². The van der Waals surface area contributed by atoms with E-state index in [2.05, 4.69) is 33.2 Å². The van der Waals surface area contributed by atoms with E-state index in [9.17, 15) is 4.79 Å². The minimum Gasteiger partial charge on any atom is -0.483 e. The lowest BCUT2D eigenvalue weighted by atomic mass is 9.90. The minimum absolute atomic E-state index is 0.0646. The van der Waals surface area contributed by atoms with Crippen molar-refractivity contribution in [2.75, 3.05) is 6.79 Å². The summed E-state index contributed by atoms with van der Waals surface area (Å²) in [6.45, 7) is 0.000199. The molecule has 0 spiro atoms. The van der Waals surface area contributed by atoms with Crippen molar-refractivity contribution in [3.8, 4) is 22.9 Å². The highest BCUT2D eigenvalue weighted by atomic mass is 16.7. The van der Waals surface area contributed by atoms with Crippen molar-refractivity contribution in [3.05, 3.63) is 54.4 Å². The normalized spacial score (nSPS) is 19.4. The summed E-state index contributed by atoms with van der Waals surface area (Å²) in [6, 6.07) is 12.6. The van der Waals surface area contributed by atoms with Gasteiger partial charge in [-0.2, -0.15) is 0 Å². The van der Waals surface area contributed by atoms with Crippen LogP contribution in [0.3, 0.4) is 0 Å². The van der Waals surface area contributed by atoms with Gasteiger partial charge in [0, 0.05) is 30.0 Å². The van der Waals surface area contributed by atoms with E-state index in [0.29, 0.717) is 12.5 Å². The summed E-state index contributed by atoms with van der Waals surface area (Å²) >= 11 is 0. The second-order valence-corrected chi connectivity index (χ2v) is 7.68. The van der Waals surface area contributed by atoms with E-state index in [0.717, 1.165) is 48.6 Å². The molecule has 0 radical (unpaired) electrons. The third-order valence-corrected chi connectivity index (χ3v) is 5.73. The van der Waals surface area contributed by atoms with Crippen molar-refractivity contribution in [1.82, 2.24) is 14.9 Å². The maximum Gasteiger partial charge on any atom is 0.290 e. The van der Waals surface area contributed by atoms with Gasteiger partial charge in [-0.25, -0.2) is 4.98 Å². The van der Waals surface area contributed by atoms with Crippen LogP contribution in [0.25, 0.3) is 11.4 Å². The lowest BCUT2D eigenvalue weighted by Gasteiger charge is -2.31. The van der Waals surface area contributed by atoms with Crippen LogP contribution in [0, 0.1) is 0 Å². The summed E-state index contributed by atoms with van der Waals surface area (Å²) in [6.07, 6.45) is 8.42. The average Bonchev–Trinajstić information content (AvgIpc) is 3.43. The van der Waals surface area contributed by atoms with Crippen molar-refractivity contribution in [1.29, 1.82) is 0 Å². The number of hydrogen-bond acceptors (Lipinski definition) is 5. The number of hydrogen-bond donors (Lipinski definition) is 2. The largest absolute Gasteiger partial charge is 0.483 e. The van der Waals surface area contributed by atoms with Crippen molar-refractivity contribution < 1.29 is 24.2 Å². The van der Waals surface area contributed by atoms with Crippen LogP contribution < -0.4 is 14.8 Å². The molecule has 8 nitrogen and oxygen atoms in total. The summed E-state index contributed by atoms with van der Waals surface area (Å²) in [5.74, 6) is 2.58. The number of nitrogens with zero attached hydrogens (tertiary/aromatic N) is 2. The Morgan fingerprint density at radius 3 is 2.74 bits per heavy atom. The Labute approximate surface area is 180 Å². The first kappa shape index (κ1) is 20.7. The smallest absolute Gasteiger partial charge is 0.290 e. The molecular formula is C23H25N3O5. The van der Waals surface area contributed by atoms with Crippen LogP contribution >= 0.6 is 0 Å². The monoisotopic (exact) mass is 423 g/mol. The summed E-state index contributed by atoms with van der Waals surface area (Å²) in [5.41, 5.74) is 2.13. The van der Waals surface area contributed by atoms with Crippen LogP contribution in [0.2, 0.25) is 0 Å². The number of amides is 1. The standard InChI is InChI=1S/C22H23N3O3.CH2O2/c26-21(13-15-3-8-19-20(12-15)28-14-27-19)24-17-4-6-18(7-5-17)25-11-1-2-16-9-10-23-22(16)25;2-1-3/h1-3,8-12,17-18H,4-7,13-14H2,(H,24,26);1H,(H,2,3). The van der Waals surface area contributed by atoms with E-state index in [1.165, 1.54) is 5.56 Å². The second kappa shape index (κ2) is 9.51. The number of carboxylic acid groups (broad SMARTS) is 1. The van der Waals surface area contributed by atoms with Gasteiger partial charge in [-0.3, -0.25) is 9.59 Å². The van der Waals surface area contributed by atoms with Crippen LogP contribution in [0.15, 0.2) is 48.8 Å². The van der Waals surface area contributed by atoms with Gasteiger partial charge in [0.15, 0.2) is 11.5 Å². The van der Waals surface area contributed by atoms with Gasteiger partial charge in [-0.05, 0) is 61.6 Å². The predicted octanol–water partition coefficient (Wildman–Crippen LogP) is 3.26. The van der Waals surface area contributed by atoms with Crippen LogP contribution in [0.5, 0.6) is 11.5 Å². The number of pyridine rings is 1. The van der Waals surface area contributed by atoms with Gasteiger partial charge in [0.1, 0.15) is 5.82 Å². The summed E-state index contributed by atoms with van der Waals surface area (Å²) in [7, 11) is 0. The molecule has 31 heavy (non-hydrogen) atoms. The molecule has 162 valence electrons. The van der Waals surface area contributed by atoms with Crippen molar-refractivity contribution >= 4 is 12.4 Å². The Hall–Kier alpha value is -3.55. The maximum absolute atomic E-state index is 12.5. The van der Waals surface area contributed by atoms with Gasteiger partial charge in [-0.15, -0.1) is 0 Å². The first-order chi connectivity index (χ1) is 15.2. The van der Waals surface area contributed by atoms with Gasteiger partial charge >= 0.3 is 0 Å². The zero-order chi connectivity index (χ0) is 21.6. The van der Waals surface area contributed by atoms with Crippen LogP contribution in [0.4, 0.5) is 0 Å². The van der Waals surface area contributed by atoms with Gasteiger partial charge < -0.3 is 24.5 Å². The van der Waals surface area contributed by atoms with E-state index < -0.39 is 0 Å². The Morgan fingerprint density at radius 1 is 1.16 bits per heavy atom. The molecule has 5 rings (SSSR count). The molecule has 8 heteroatoms. The molecule has 1 aromatic rings. The zero-order valence-corrected chi connectivity index (χ0v) is 17.1. The van der Waals surface area contributed by atoms with Crippen molar-refractivity contribution in [2.24, 2.45) is 0 Å². The van der Waals surface area contributed by atoms with E-state index in [1.54, 1.807) is 0 Å². The van der Waals surface area contributed by atoms with Crippen LogP contribution in [-0.2, 0) is 16.0 Å². The van der Waals surface area contributed by atoms with Crippen LogP contribution in [-0.4, -0.2) is 39.9 Å². The lowest BCUT2D eigenvalue weighted by molar-refractivity contribution is -0.123. The summed E-state index contributed by atoms with van der Waals surface area (Å²) in [4.78, 5) is 25.3. The minimum atomic E-state index is -0.250. The van der Waals surface area contributed by atoms with Gasteiger partial charge in [-0.1, -0.05) is 6.07 Å². The quantitative estimate of drug-likeness (QED) is 0.625. The molecule has 3 aliphatic heterocycles. The van der Waals surface area contributed by atoms with Crippen molar-refractivity contribution in [3.63, 3.8) is 0 Å². The molecule has 2 N–H and O–H groups in total. The third-order valence-electron chi connectivity index (χ3n) is 5.73. The number of benzene rings is 1. The highest BCUT2D eigenvalue weighted by molar-refractivity contribution is 5.79. The molecule has 0 unspecified atom stereocenters. The fraction of sp³-hybridized carbons (Fsp3) is 0.348. The fourth-order valence-electron chi connectivity index (χ4n) is 4.30. The first-order valence-electron chi connectivity index (χ1n) is 10.3. The molecule has 3 heterocycles.